The SMILES string of the molecule is CCn1c(CCC(=O)OC)nc(C(C)C)c1S(=O)(=O)Oc1ccccc1. The molecule has 0 amide bonds. The second kappa shape index (κ2) is 8.35. The molecule has 0 aliphatic rings. The van der Waals surface area contributed by atoms with Crippen LogP contribution in [0.25, 0.3) is 0 Å². The van der Waals surface area contributed by atoms with Crippen LogP contribution < -0.4 is 4.18 Å². The summed E-state index contributed by atoms with van der Waals surface area (Å²) >= 11 is 0. The Labute approximate surface area is 154 Å². The zero-order valence-corrected chi connectivity index (χ0v) is 16.2. The van der Waals surface area contributed by atoms with Crippen LogP contribution in [0.5, 0.6) is 5.75 Å². The lowest BCUT2D eigenvalue weighted by molar-refractivity contribution is -0.140. The van der Waals surface area contributed by atoms with E-state index in [-0.39, 0.29) is 29.1 Å². The highest BCUT2D eigenvalue weighted by atomic mass is 32.2. The molecule has 0 atom stereocenters. The van der Waals surface area contributed by atoms with Crippen molar-refractivity contribution in [3.63, 3.8) is 0 Å². The van der Waals surface area contributed by atoms with Crippen molar-refractivity contribution in [1.82, 2.24) is 9.55 Å². The van der Waals surface area contributed by atoms with Gasteiger partial charge in [-0.25, -0.2) is 4.98 Å². The predicted molar refractivity (Wildman–Crippen MR) is 96.6 cm³/mol. The molecular formula is C18H24N2O5S. The minimum atomic E-state index is -4.07. The zero-order valence-electron chi connectivity index (χ0n) is 15.4. The molecule has 0 saturated heterocycles. The fraction of sp³-hybridized carbons (Fsp3) is 0.444. The summed E-state index contributed by atoms with van der Waals surface area (Å²) < 4.78 is 37.4. The van der Waals surface area contributed by atoms with Crippen molar-refractivity contribution in [3.05, 3.63) is 41.9 Å². The van der Waals surface area contributed by atoms with E-state index < -0.39 is 10.1 Å². The summed E-state index contributed by atoms with van der Waals surface area (Å²) in [5.41, 5.74) is 0.433. The van der Waals surface area contributed by atoms with Gasteiger partial charge < -0.3 is 13.5 Å². The zero-order chi connectivity index (χ0) is 19.3. The number of aromatic nitrogens is 2. The Morgan fingerprint density at radius 2 is 1.88 bits per heavy atom. The van der Waals surface area contributed by atoms with Gasteiger partial charge in [0.1, 0.15) is 11.6 Å². The number of benzene rings is 1. The van der Waals surface area contributed by atoms with Crippen molar-refractivity contribution in [2.45, 2.75) is 51.1 Å². The predicted octanol–water partition coefficient (Wildman–Crippen LogP) is 2.90. The maximum atomic E-state index is 12.9. The summed E-state index contributed by atoms with van der Waals surface area (Å²) in [6, 6.07) is 8.34. The second-order valence-electron chi connectivity index (χ2n) is 6.04. The third-order valence-electron chi connectivity index (χ3n) is 3.85. The molecule has 0 aliphatic heterocycles. The number of esters is 1. The molecule has 7 nitrogen and oxygen atoms in total. The first-order valence-corrected chi connectivity index (χ1v) is 9.86. The van der Waals surface area contributed by atoms with Crippen LogP contribution in [0.3, 0.4) is 0 Å². The van der Waals surface area contributed by atoms with Crippen LogP contribution in [0.4, 0.5) is 0 Å². The molecule has 8 heteroatoms. The van der Waals surface area contributed by atoms with Crippen molar-refractivity contribution in [2.75, 3.05) is 7.11 Å². The van der Waals surface area contributed by atoms with Gasteiger partial charge in [-0.2, -0.15) is 8.42 Å². The Morgan fingerprint density at radius 3 is 2.42 bits per heavy atom. The topological polar surface area (TPSA) is 87.5 Å². The number of rotatable bonds is 8. The number of imidazole rings is 1. The van der Waals surface area contributed by atoms with Gasteiger partial charge in [0.2, 0.25) is 0 Å². The highest BCUT2D eigenvalue weighted by molar-refractivity contribution is 7.87. The molecular weight excluding hydrogens is 356 g/mol. The normalized spacial score (nSPS) is 11.6. The van der Waals surface area contributed by atoms with E-state index in [9.17, 15) is 13.2 Å². The molecule has 142 valence electrons. The lowest BCUT2D eigenvalue weighted by atomic mass is 10.1. The van der Waals surface area contributed by atoms with Gasteiger partial charge in [0, 0.05) is 13.0 Å². The van der Waals surface area contributed by atoms with Crippen LogP contribution in [0.1, 0.15) is 44.6 Å². The van der Waals surface area contributed by atoms with E-state index in [1.54, 1.807) is 34.9 Å². The third-order valence-corrected chi connectivity index (χ3v) is 5.17. The molecule has 0 aliphatic carbocycles. The van der Waals surface area contributed by atoms with Gasteiger partial charge in [0.15, 0.2) is 5.03 Å². The first-order chi connectivity index (χ1) is 12.3. The minimum absolute atomic E-state index is 0.0405. The number of ether oxygens (including phenoxy) is 1. The van der Waals surface area contributed by atoms with Gasteiger partial charge >= 0.3 is 16.1 Å². The van der Waals surface area contributed by atoms with Crippen molar-refractivity contribution in [3.8, 4) is 5.75 Å². The smallest absolute Gasteiger partial charge is 0.357 e. The van der Waals surface area contributed by atoms with Crippen LogP contribution in [0.2, 0.25) is 0 Å². The summed E-state index contributed by atoms with van der Waals surface area (Å²) in [5, 5.41) is 0.0405. The number of hydrogen-bond acceptors (Lipinski definition) is 6. The minimum Gasteiger partial charge on any atom is -0.469 e. The first-order valence-electron chi connectivity index (χ1n) is 8.45. The van der Waals surface area contributed by atoms with Gasteiger partial charge in [-0.3, -0.25) is 4.79 Å². The van der Waals surface area contributed by atoms with E-state index in [1.807, 2.05) is 20.8 Å². The molecule has 0 N–H and O–H groups in total. The summed E-state index contributed by atoms with van der Waals surface area (Å²) in [7, 11) is -2.75. The number of aryl methyl sites for hydroxylation is 1. The van der Waals surface area contributed by atoms with Gasteiger partial charge in [-0.15, -0.1) is 0 Å². The first kappa shape index (κ1) is 20.0. The Bertz CT molecular complexity index is 857. The van der Waals surface area contributed by atoms with Gasteiger partial charge in [-0.1, -0.05) is 32.0 Å². The highest BCUT2D eigenvalue weighted by Gasteiger charge is 2.30. The third kappa shape index (κ3) is 4.43. The summed E-state index contributed by atoms with van der Waals surface area (Å²) in [5.74, 6) is 0.273. The summed E-state index contributed by atoms with van der Waals surface area (Å²) in [4.78, 5) is 15.9. The largest absolute Gasteiger partial charge is 0.469 e. The lowest BCUT2D eigenvalue weighted by Gasteiger charge is -2.13. The van der Waals surface area contributed by atoms with Crippen molar-refractivity contribution >= 4 is 16.1 Å². The molecule has 0 unspecified atom stereocenters. The molecule has 1 aromatic heterocycles. The average Bonchev–Trinajstić information content (AvgIpc) is 3.00. The highest BCUT2D eigenvalue weighted by Crippen LogP contribution is 2.28. The Kier molecular flexibility index (Phi) is 6.42. The molecule has 0 fully saturated rings. The van der Waals surface area contributed by atoms with E-state index in [0.717, 1.165) is 0 Å². The number of methoxy groups -OCH3 is 1. The number of hydrogen-bond donors (Lipinski definition) is 0. The molecule has 26 heavy (non-hydrogen) atoms. The summed E-state index contributed by atoms with van der Waals surface area (Å²) in [6.07, 6.45) is 0.422. The van der Waals surface area contributed by atoms with E-state index in [0.29, 0.717) is 24.5 Å². The Morgan fingerprint density at radius 1 is 1.23 bits per heavy atom. The molecule has 1 heterocycles. The van der Waals surface area contributed by atoms with Gasteiger partial charge in [-0.05, 0) is 25.0 Å². The summed E-state index contributed by atoms with van der Waals surface area (Å²) in [6.45, 7) is 5.96. The Hall–Kier alpha value is -2.35. The van der Waals surface area contributed by atoms with Crippen LogP contribution in [-0.2, 0) is 32.6 Å². The van der Waals surface area contributed by atoms with E-state index in [2.05, 4.69) is 9.72 Å². The molecule has 0 spiro atoms. The molecule has 1 aromatic carbocycles. The average molecular weight is 380 g/mol. The quantitative estimate of drug-likeness (QED) is 0.517. The molecule has 2 aromatic rings. The molecule has 2 rings (SSSR count). The Balaban J connectivity index is 2.48. The van der Waals surface area contributed by atoms with E-state index in [1.165, 1.54) is 7.11 Å². The van der Waals surface area contributed by atoms with Crippen LogP contribution in [0, 0.1) is 0 Å². The van der Waals surface area contributed by atoms with Crippen LogP contribution in [-0.4, -0.2) is 31.0 Å². The standard InChI is InChI=1S/C18H24N2O5S/c1-5-20-15(11-12-16(21)24-4)19-17(13(2)3)18(20)26(22,23)25-14-9-7-6-8-10-14/h6-10,13H,5,11-12H2,1-4H3. The van der Waals surface area contributed by atoms with Gasteiger partial charge in [0.05, 0.1) is 19.2 Å². The maximum absolute atomic E-state index is 12.9. The van der Waals surface area contributed by atoms with Crippen LogP contribution >= 0.6 is 0 Å². The van der Waals surface area contributed by atoms with Crippen molar-refractivity contribution < 1.29 is 22.1 Å². The van der Waals surface area contributed by atoms with Crippen molar-refractivity contribution in [1.29, 1.82) is 0 Å². The lowest BCUT2D eigenvalue weighted by Crippen LogP contribution is -2.18. The van der Waals surface area contributed by atoms with E-state index in [4.69, 9.17) is 4.18 Å². The molecule has 0 bridgehead atoms. The molecule has 0 saturated carbocycles. The number of carbonyl (C=O) groups excluding carboxylic acids is 1. The van der Waals surface area contributed by atoms with E-state index >= 15 is 0 Å². The van der Waals surface area contributed by atoms with Crippen LogP contribution in [0.15, 0.2) is 35.4 Å². The number of nitrogens with zero attached hydrogens (tertiary/aromatic N) is 2. The number of para-hydroxylation sites is 1. The van der Waals surface area contributed by atoms with Crippen molar-refractivity contribution in [2.24, 2.45) is 0 Å². The number of carbonyl (C=O) groups is 1. The fourth-order valence-corrected chi connectivity index (χ4v) is 4.10. The van der Waals surface area contributed by atoms with Gasteiger partial charge in [0.25, 0.3) is 0 Å². The second-order valence-corrected chi connectivity index (χ2v) is 7.51. The fourth-order valence-electron chi connectivity index (χ4n) is 2.62. The maximum Gasteiger partial charge on any atom is 0.357 e. The molecule has 0 radical (unpaired) electrons. The monoisotopic (exact) mass is 380 g/mol.